The maximum absolute atomic E-state index is 13.0. The molecule has 0 aliphatic carbocycles. The van der Waals surface area contributed by atoms with Gasteiger partial charge in [0.1, 0.15) is 6.61 Å². The fourth-order valence-electron chi connectivity index (χ4n) is 0.821. The molecule has 0 atom stereocenters. The van der Waals surface area contributed by atoms with E-state index in [4.69, 9.17) is 4.74 Å². The Bertz CT molecular complexity index is 339. The van der Waals surface area contributed by atoms with Gasteiger partial charge < -0.3 is 4.74 Å². The van der Waals surface area contributed by atoms with Crippen LogP contribution in [0.25, 0.3) is 0 Å². The van der Waals surface area contributed by atoms with E-state index in [0.717, 1.165) is 6.07 Å². The van der Waals surface area contributed by atoms with Crippen LogP contribution in [0, 0.1) is 11.6 Å². The van der Waals surface area contributed by atoms with Gasteiger partial charge in [0.2, 0.25) is 5.82 Å². The number of benzene rings is 1. The number of rotatable bonds is 4. The summed E-state index contributed by atoms with van der Waals surface area (Å²) in [6.07, 6.45) is 0. The van der Waals surface area contributed by atoms with Gasteiger partial charge in [-0.25, -0.2) is 4.39 Å². The highest BCUT2D eigenvalue weighted by Crippen LogP contribution is 2.19. The first-order chi connectivity index (χ1) is 6.65. The largest absolute Gasteiger partial charge is 0.486 e. The molecule has 0 amide bonds. The standard InChI is InChI=1S/C10H10F2OS/c1-7(6-14)5-13-9-4-2-3-8(11)10(9)12/h2-4,14H,1,5-6H2. The topological polar surface area (TPSA) is 9.23 Å². The molecule has 1 rings (SSSR count). The molecule has 76 valence electrons. The van der Waals surface area contributed by atoms with Crippen molar-refractivity contribution in [2.24, 2.45) is 0 Å². The molecule has 1 nitrogen and oxygen atoms in total. The predicted octanol–water partition coefficient (Wildman–Crippen LogP) is 2.83. The van der Waals surface area contributed by atoms with E-state index in [1.165, 1.54) is 12.1 Å². The zero-order valence-corrected chi connectivity index (χ0v) is 8.36. The van der Waals surface area contributed by atoms with E-state index >= 15 is 0 Å². The lowest BCUT2D eigenvalue weighted by atomic mass is 10.3. The Kier molecular flexibility index (Phi) is 3.95. The van der Waals surface area contributed by atoms with Crippen LogP contribution in [0.1, 0.15) is 0 Å². The lowest BCUT2D eigenvalue weighted by Gasteiger charge is -2.07. The van der Waals surface area contributed by atoms with Gasteiger partial charge in [-0.3, -0.25) is 0 Å². The SMILES string of the molecule is C=C(CS)COc1cccc(F)c1F. The first kappa shape index (κ1) is 11.0. The summed E-state index contributed by atoms with van der Waals surface area (Å²) in [7, 11) is 0. The maximum atomic E-state index is 13.0. The molecule has 0 heterocycles. The molecule has 14 heavy (non-hydrogen) atoms. The van der Waals surface area contributed by atoms with Gasteiger partial charge in [0.05, 0.1) is 0 Å². The minimum atomic E-state index is -0.973. The lowest BCUT2D eigenvalue weighted by Crippen LogP contribution is -2.03. The number of hydrogen-bond acceptors (Lipinski definition) is 2. The summed E-state index contributed by atoms with van der Waals surface area (Å²) in [4.78, 5) is 0. The first-order valence-electron chi connectivity index (χ1n) is 3.99. The summed E-state index contributed by atoms with van der Waals surface area (Å²) in [5.74, 6) is -1.54. The molecule has 0 aromatic heterocycles. The van der Waals surface area contributed by atoms with Crippen LogP contribution in [-0.2, 0) is 0 Å². The van der Waals surface area contributed by atoms with Crippen LogP contribution in [0.15, 0.2) is 30.4 Å². The molecule has 0 unspecified atom stereocenters. The summed E-state index contributed by atoms with van der Waals surface area (Å²) in [6, 6.07) is 3.79. The fourth-order valence-corrected chi connectivity index (χ4v) is 0.912. The summed E-state index contributed by atoms with van der Waals surface area (Å²) >= 11 is 3.96. The molecule has 1 aromatic rings. The van der Waals surface area contributed by atoms with Gasteiger partial charge in [-0.1, -0.05) is 12.6 Å². The summed E-state index contributed by atoms with van der Waals surface area (Å²) in [5, 5.41) is 0. The van der Waals surface area contributed by atoms with E-state index in [-0.39, 0.29) is 12.4 Å². The van der Waals surface area contributed by atoms with Crippen LogP contribution in [-0.4, -0.2) is 12.4 Å². The summed E-state index contributed by atoms with van der Waals surface area (Å²) in [6.45, 7) is 3.77. The van der Waals surface area contributed by atoms with Gasteiger partial charge in [-0.15, -0.1) is 0 Å². The Balaban J connectivity index is 2.68. The molecule has 1 aromatic carbocycles. The van der Waals surface area contributed by atoms with Crippen LogP contribution >= 0.6 is 12.6 Å². The second-order valence-corrected chi connectivity index (χ2v) is 3.06. The minimum absolute atomic E-state index is 0.104. The Morgan fingerprint density at radius 1 is 1.43 bits per heavy atom. The molecule has 0 saturated carbocycles. The molecular weight excluding hydrogens is 206 g/mol. The van der Waals surface area contributed by atoms with E-state index in [1.54, 1.807) is 0 Å². The molecule has 0 fully saturated rings. The maximum Gasteiger partial charge on any atom is 0.200 e. The van der Waals surface area contributed by atoms with E-state index in [9.17, 15) is 8.78 Å². The Morgan fingerprint density at radius 3 is 2.79 bits per heavy atom. The summed E-state index contributed by atoms with van der Waals surface area (Å²) in [5.41, 5.74) is 0.706. The van der Waals surface area contributed by atoms with Crippen LogP contribution in [0.3, 0.4) is 0 Å². The van der Waals surface area contributed by atoms with Gasteiger partial charge in [0.25, 0.3) is 0 Å². The van der Waals surface area contributed by atoms with Crippen molar-refractivity contribution in [1.82, 2.24) is 0 Å². The fraction of sp³-hybridized carbons (Fsp3) is 0.200. The van der Waals surface area contributed by atoms with Crippen molar-refractivity contribution >= 4 is 12.6 Å². The van der Waals surface area contributed by atoms with E-state index < -0.39 is 11.6 Å². The molecule has 0 spiro atoms. The van der Waals surface area contributed by atoms with Gasteiger partial charge in [-0.05, 0) is 17.7 Å². The van der Waals surface area contributed by atoms with Gasteiger partial charge in [-0.2, -0.15) is 17.0 Å². The number of halogens is 2. The molecular formula is C10H10F2OS. The van der Waals surface area contributed by atoms with Crippen molar-refractivity contribution in [1.29, 1.82) is 0 Å². The van der Waals surface area contributed by atoms with Crippen LogP contribution in [0.2, 0.25) is 0 Å². The molecule has 0 bridgehead atoms. The van der Waals surface area contributed by atoms with Gasteiger partial charge >= 0.3 is 0 Å². The second-order valence-electron chi connectivity index (χ2n) is 2.75. The number of thiol groups is 1. The average Bonchev–Trinajstić information content (AvgIpc) is 2.20. The zero-order valence-electron chi connectivity index (χ0n) is 7.46. The molecule has 0 radical (unpaired) electrons. The van der Waals surface area contributed by atoms with Crippen LogP contribution < -0.4 is 4.74 Å². The number of hydrogen-bond donors (Lipinski definition) is 1. The highest BCUT2D eigenvalue weighted by molar-refractivity contribution is 7.80. The number of ether oxygens (including phenoxy) is 1. The molecule has 0 N–H and O–H groups in total. The van der Waals surface area contributed by atoms with Crippen molar-refractivity contribution in [2.75, 3.05) is 12.4 Å². The smallest absolute Gasteiger partial charge is 0.200 e. The lowest BCUT2D eigenvalue weighted by molar-refractivity contribution is 0.325. The Hall–Kier alpha value is -1.03. The minimum Gasteiger partial charge on any atom is -0.486 e. The first-order valence-corrected chi connectivity index (χ1v) is 4.62. The molecule has 4 heteroatoms. The van der Waals surface area contributed by atoms with Crippen molar-refractivity contribution in [3.63, 3.8) is 0 Å². The normalized spacial score (nSPS) is 9.93. The van der Waals surface area contributed by atoms with Gasteiger partial charge in [0.15, 0.2) is 11.6 Å². The highest BCUT2D eigenvalue weighted by atomic mass is 32.1. The third-order valence-corrected chi connectivity index (χ3v) is 2.02. The predicted molar refractivity (Wildman–Crippen MR) is 54.8 cm³/mol. The van der Waals surface area contributed by atoms with Gasteiger partial charge in [0, 0.05) is 5.75 Å². The molecule has 0 aliphatic rings. The average molecular weight is 216 g/mol. The molecule has 0 saturated heterocycles. The second kappa shape index (κ2) is 5.00. The van der Waals surface area contributed by atoms with E-state index in [1.807, 2.05) is 0 Å². The van der Waals surface area contributed by atoms with Crippen LogP contribution in [0.4, 0.5) is 8.78 Å². The van der Waals surface area contributed by atoms with Crippen molar-refractivity contribution in [3.05, 3.63) is 42.0 Å². The van der Waals surface area contributed by atoms with Crippen molar-refractivity contribution in [3.8, 4) is 5.75 Å². The summed E-state index contributed by atoms with van der Waals surface area (Å²) < 4.78 is 30.7. The van der Waals surface area contributed by atoms with Crippen molar-refractivity contribution in [2.45, 2.75) is 0 Å². The van der Waals surface area contributed by atoms with Crippen LogP contribution in [0.5, 0.6) is 5.75 Å². The monoisotopic (exact) mass is 216 g/mol. The zero-order chi connectivity index (χ0) is 10.6. The van der Waals surface area contributed by atoms with Crippen molar-refractivity contribution < 1.29 is 13.5 Å². The highest BCUT2D eigenvalue weighted by Gasteiger charge is 2.08. The Labute approximate surface area is 86.8 Å². The quantitative estimate of drug-likeness (QED) is 0.601. The van der Waals surface area contributed by atoms with E-state index in [0.29, 0.717) is 11.3 Å². The third-order valence-electron chi connectivity index (χ3n) is 1.57. The third kappa shape index (κ3) is 2.73. The van der Waals surface area contributed by atoms with E-state index in [2.05, 4.69) is 19.2 Å². The Morgan fingerprint density at radius 2 is 2.14 bits per heavy atom. The molecule has 0 aliphatic heterocycles.